The number of aryl methyl sites for hydroxylation is 1. The number of amides is 1. The highest BCUT2D eigenvalue weighted by Gasteiger charge is 2.20. The third-order valence-corrected chi connectivity index (χ3v) is 5.87. The molecule has 0 aliphatic carbocycles. The Hall–Kier alpha value is -3.71. The lowest BCUT2D eigenvalue weighted by atomic mass is 10.0. The molecule has 0 saturated heterocycles. The van der Waals surface area contributed by atoms with E-state index < -0.39 is 0 Å². The van der Waals surface area contributed by atoms with Crippen molar-refractivity contribution in [1.82, 2.24) is 15.1 Å². The summed E-state index contributed by atoms with van der Waals surface area (Å²) in [7, 11) is 0. The molecule has 0 bridgehead atoms. The number of hydrogen-bond donors (Lipinski definition) is 1. The van der Waals surface area contributed by atoms with E-state index in [0.717, 1.165) is 16.0 Å². The number of ether oxygens (including phenoxy) is 1. The first-order valence-corrected chi connectivity index (χ1v) is 11.1. The van der Waals surface area contributed by atoms with Crippen molar-refractivity contribution in [3.8, 4) is 5.75 Å². The van der Waals surface area contributed by atoms with Gasteiger partial charge in [-0.1, -0.05) is 54.1 Å². The van der Waals surface area contributed by atoms with Crippen molar-refractivity contribution in [2.24, 2.45) is 0 Å². The molecular formula is C25H23N3O3S. The second-order valence-corrected chi connectivity index (χ2v) is 8.25. The first-order valence-electron chi connectivity index (χ1n) is 10.3. The van der Waals surface area contributed by atoms with E-state index in [-0.39, 0.29) is 36.4 Å². The van der Waals surface area contributed by atoms with Crippen LogP contribution in [0.25, 0.3) is 0 Å². The molecule has 0 spiro atoms. The van der Waals surface area contributed by atoms with Gasteiger partial charge in [0.25, 0.3) is 11.5 Å². The van der Waals surface area contributed by atoms with Crippen molar-refractivity contribution in [2.75, 3.05) is 6.61 Å². The summed E-state index contributed by atoms with van der Waals surface area (Å²) >= 11 is 1.57. The maximum atomic E-state index is 13.0. The number of aromatic nitrogens is 2. The van der Waals surface area contributed by atoms with E-state index >= 15 is 0 Å². The zero-order valence-corrected chi connectivity index (χ0v) is 18.4. The zero-order chi connectivity index (χ0) is 22.3. The van der Waals surface area contributed by atoms with E-state index in [1.807, 2.05) is 79.0 Å². The van der Waals surface area contributed by atoms with E-state index in [0.29, 0.717) is 5.75 Å². The summed E-state index contributed by atoms with van der Waals surface area (Å²) in [5.41, 5.74) is 2.02. The van der Waals surface area contributed by atoms with Gasteiger partial charge in [-0.15, -0.1) is 11.3 Å². The smallest absolute Gasteiger partial charge is 0.272 e. The molecule has 32 heavy (non-hydrogen) atoms. The van der Waals surface area contributed by atoms with Gasteiger partial charge in [-0.25, -0.2) is 4.68 Å². The van der Waals surface area contributed by atoms with Gasteiger partial charge in [-0.3, -0.25) is 9.59 Å². The topological polar surface area (TPSA) is 73.2 Å². The molecule has 4 aromatic rings. The molecule has 0 radical (unpaired) electrons. The Kier molecular flexibility index (Phi) is 6.77. The minimum Gasteiger partial charge on any atom is -0.492 e. The zero-order valence-electron chi connectivity index (χ0n) is 17.6. The van der Waals surface area contributed by atoms with Gasteiger partial charge >= 0.3 is 0 Å². The van der Waals surface area contributed by atoms with Gasteiger partial charge in [0.1, 0.15) is 18.1 Å². The summed E-state index contributed by atoms with van der Waals surface area (Å²) in [6.07, 6.45) is 0. The SMILES string of the molecule is Cc1ccc(C(NC(=O)c2ccc(=O)n(CCOc3ccccc3)n2)c2cccs2)cc1. The lowest BCUT2D eigenvalue weighted by Crippen LogP contribution is -2.33. The molecule has 0 saturated carbocycles. The lowest BCUT2D eigenvalue weighted by Gasteiger charge is -2.18. The lowest BCUT2D eigenvalue weighted by molar-refractivity contribution is 0.0935. The molecule has 2 aromatic carbocycles. The van der Waals surface area contributed by atoms with Crippen LogP contribution in [-0.4, -0.2) is 22.3 Å². The van der Waals surface area contributed by atoms with Gasteiger partial charge in [-0.2, -0.15) is 5.10 Å². The molecule has 7 heteroatoms. The summed E-state index contributed by atoms with van der Waals surface area (Å²) < 4.78 is 6.90. The molecule has 1 N–H and O–H groups in total. The van der Waals surface area contributed by atoms with Gasteiger partial charge in [0.15, 0.2) is 0 Å². The number of carbonyl (C=O) groups excluding carboxylic acids is 1. The predicted octanol–water partition coefficient (Wildman–Crippen LogP) is 4.21. The van der Waals surface area contributed by atoms with Gasteiger partial charge in [0.2, 0.25) is 0 Å². The Morgan fingerprint density at radius 3 is 2.53 bits per heavy atom. The van der Waals surface area contributed by atoms with Crippen LogP contribution in [0.5, 0.6) is 5.75 Å². The first kappa shape index (κ1) is 21.5. The molecule has 4 rings (SSSR count). The summed E-state index contributed by atoms with van der Waals surface area (Å²) in [5.74, 6) is 0.369. The summed E-state index contributed by atoms with van der Waals surface area (Å²) in [4.78, 5) is 26.3. The maximum absolute atomic E-state index is 13.0. The highest BCUT2D eigenvalue weighted by molar-refractivity contribution is 7.10. The average molecular weight is 446 g/mol. The quantitative estimate of drug-likeness (QED) is 0.441. The van der Waals surface area contributed by atoms with Crippen molar-refractivity contribution >= 4 is 17.2 Å². The van der Waals surface area contributed by atoms with E-state index in [9.17, 15) is 9.59 Å². The number of rotatable bonds is 8. The number of nitrogens with zero attached hydrogens (tertiary/aromatic N) is 2. The molecule has 162 valence electrons. The van der Waals surface area contributed by atoms with Gasteiger partial charge in [0.05, 0.1) is 12.6 Å². The summed E-state index contributed by atoms with van der Waals surface area (Å²) in [6.45, 7) is 2.53. The Labute approximate surface area is 190 Å². The average Bonchev–Trinajstić information content (AvgIpc) is 3.35. The van der Waals surface area contributed by atoms with Crippen molar-refractivity contribution in [1.29, 1.82) is 0 Å². The second-order valence-electron chi connectivity index (χ2n) is 7.27. The normalized spacial score (nSPS) is 11.7. The molecule has 1 amide bonds. The van der Waals surface area contributed by atoms with Crippen molar-refractivity contribution in [2.45, 2.75) is 19.5 Å². The van der Waals surface area contributed by atoms with Crippen LogP contribution in [0.4, 0.5) is 0 Å². The summed E-state index contributed by atoms with van der Waals surface area (Å²) in [5, 5.41) is 9.30. The third kappa shape index (κ3) is 5.31. The number of thiophene rings is 1. The van der Waals surface area contributed by atoms with Crippen LogP contribution in [0.2, 0.25) is 0 Å². The minimum absolute atomic E-state index is 0.179. The van der Waals surface area contributed by atoms with Crippen LogP contribution in [0.1, 0.15) is 32.5 Å². The van der Waals surface area contributed by atoms with Gasteiger partial charge in [-0.05, 0) is 42.1 Å². The van der Waals surface area contributed by atoms with Crippen LogP contribution >= 0.6 is 11.3 Å². The van der Waals surface area contributed by atoms with E-state index in [1.54, 1.807) is 11.3 Å². The van der Waals surface area contributed by atoms with Crippen molar-refractivity contribution < 1.29 is 9.53 Å². The highest BCUT2D eigenvalue weighted by Crippen LogP contribution is 2.26. The van der Waals surface area contributed by atoms with Crippen LogP contribution in [0.3, 0.4) is 0 Å². The number of benzene rings is 2. The molecule has 2 aromatic heterocycles. The molecule has 6 nitrogen and oxygen atoms in total. The van der Waals surface area contributed by atoms with Crippen LogP contribution in [0, 0.1) is 6.92 Å². The molecule has 2 heterocycles. The van der Waals surface area contributed by atoms with Crippen molar-refractivity contribution in [3.05, 3.63) is 116 Å². The Morgan fingerprint density at radius 2 is 1.81 bits per heavy atom. The predicted molar refractivity (Wildman–Crippen MR) is 125 cm³/mol. The Balaban J connectivity index is 1.49. The fourth-order valence-corrected chi connectivity index (χ4v) is 4.04. The standard InChI is InChI=1S/C25H23N3O3S/c1-18-9-11-19(12-10-18)24(22-8-5-17-32-22)26-25(30)21-13-14-23(29)28(27-21)15-16-31-20-6-3-2-4-7-20/h2-14,17,24H,15-16H2,1H3,(H,26,30). The molecular weight excluding hydrogens is 422 g/mol. The Bertz CT molecular complexity index is 1220. The van der Waals surface area contributed by atoms with E-state index in [2.05, 4.69) is 10.4 Å². The highest BCUT2D eigenvalue weighted by atomic mass is 32.1. The largest absolute Gasteiger partial charge is 0.492 e. The number of carbonyl (C=O) groups is 1. The number of para-hydroxylation sites is 1. The minimum atomic E-state index is -0.346. The monoisotopic (exact) mass is 445 g/mol. The fourth-order valence-electron chi connectivity index (χ4n) is 3.24. The van der Waals surface area contributed by atoms with Crippen LogP contribution in [-0.2, 0) is 6.54 Å². The van der Waals surface area contributed by atoms with Gasteiger partial charge in [0, 0.05) is 10.9 Å². The van der Waals surface area contributed by atoms with E-state index in [1.165, 1.54) is 16.8 Å². The molecule has 0 fully saturated rings. The molecule has 0 aliphatic rings. The van der Waals surface area contributed by atoms with Crippen LogP contribution < -0.4 is 15.6 Å². The number of hydrogen-bond acceptors (Lipinski definition) is 5. The van der Waals surface area contributed by atoms with Crippen LogP contribution in [0.15, 0.2) is 89.0 Å². The molecule has 1 unspecified atom stereocenters. The molecule has 0 aliphatic heterocycles. The van der Waals surface area contributed by atoms with Crippen molar-refractivity contribution in [3.63, 3.8) is 0 Å². The van der Waals surface area contributed by atoms with E-state index in [4.69, 9.17) is 4.74 Å². The summed E-state index contributed by atoms with van der Waals surface area (Å²) in [6, 6.07) is 23.9. The third-order valence-electron chi connectivity index (χ3n) is 4.93. The molecule has 1 atom stereocenters. The first-order chi connectivity index (χ1) is 15.6. The Morgan fingerprint density at radius 1 is 1.03 bits per heavy atom. The fraction of sp³-hybridized carbons (Fsp3) is 0.160. The maximum Gasteiger partial charge on any atom is 0.272 e. The second kappa shape index (κ2) is 10.1. The van der Waals surface area contributed by atoms with Gasteiger partial charge < -0.3 is 10.1 Å². The number of nitrogens with one attached hydrogen (secondary N) is 1.